The second kappa shape index (κ2) is 8.11. The van der Waals surface area contributed by atoms with Crippen LogP contribution in [0.2, 0.25) is 0 Å². The highest BCUT2D eigenvalue weighted by molar-refractivity contribution is 7.17. The number of nitrogens with one attached hydrogen (secondary N) is 2. The van der Waals surface area contributed by atoms with Gasteiger partial charge in [0.15, 0.2) is 6.61 Å². The van der Waals surface area contributed by atoms with Gasteiger partial charge in [-0.2, -0.15) is 11.3 Å². The van der Waals surface area contributed by atoms with Crippen LogP contribution in [0.1, 0.15) is 20.9 Å². The van der Waals surface area contributed by atoms with Crippen molar-refractivity contribution in [3.05, 3.63) is 57.2 Å². The first-order chi connectivity index (χ1) is 12.5. The lowest BCUT2D eigenvalue weighted by molar-refractivity contribution is -0.123. The van der Waals surface area contributed by atoms with Crippen LogP contribution in [0.4, 0.5) is 0 Å². The van der Waals surface area contributed by atoms with E-state index in [9.17, 15) is 9.59 Å². The molecule has 1 aromatic carbocycles. The quantitative estimate of drug-likeness (QED) is 0.658. The molecule has 0 aliphatic heterocycles. The fourth-order valence-corrected chi connectivity index (χ4v) is 3.87. The number of carbonyl (C=O) groups is 2. The molecule has 3 rings (SSSR count). The molecular formula is C18H17N3O3S2. The Labute approximate surface area is 158 Å². The van der Waals surface area contributed by atoms with E-state index in [-0.39, 0.29) is 6.61 Å². The zero-order valence-electron chi connectivity index (χ0n) is 14.2. The minimum atomic E-state index is -0.443. The molecule has 8 heteroatoms. The van der Waals surface area contributed by atoms with Crippen LogP contribution in [-0.4, -0.2) is 23.4 Å². The molecule has 0 atom stereocenters. The summed E-state index contributed by atoms with van der Waals surface area (Å²) in [5, 5.41) is 4.72. The van der Waals surface area contributed by atoms with E-state index in [0.717, 1.165) is 16.1 Å². The molecule has 0 saturated carbocycles. The number of aromatic nitrogens is 1. The summed E-state index contributed by atoms with van der Waals surface area (Å²) >= 11 is 2.86. The maximum atomic E-state index is 12.3. The van der Waals surface area contributed by atoms with Gasteiger partial charge in [-0.3, -0.25) is 20.4 Å². The smallest absolute Gasteiger partial charge is 0.281 e. The van der Waals surface area contributed by atoms with Crippen LogP contribution in [0.25, 0.3) is 10.6 Å². The topological polar surface area (TPSA) is 80.3 Å². The number of para-hydroxylation sites is 1. The van der Waals surface area contributed by atoms with Gasteiger partial charge in [0.2, 0.25) is 0 Å². The molecular weight excluding hydrogens is 370 g/mol. The summed E-state index contributed by atoms with van der Waals surface area (Å²) in [6, 6.07) is 9.36. The number of thiophene rings is 1. The Morgan fingerprint density at radius 2 is 1.96 bits per heavy atom. The minimum Gasteiger partial charge on any atom is -0.483 e. The SMILES string of the molecule is Cc1ccccc1OCC(=O)NNC(=O)c1sc(-c2ccsc2)nc1C. The molecule has 0 fully saturated rings. The lowest BCUT2D eigenvalue weighted by atomic mass is 10.2. The van der Waals surface area contributed by atoms with E-state index in [1.807, 2.05) is 41.9 Å². The number of nitrogens with zero attached hydrogens (tertiary/aromatic N) is 1. The molecule has 2 aromatic heterocycles. The molecule has 6 nitrogen and oxygen atoms in total. The van der Waals surface area contributed by atoms with E-state index in [1.54, 1.807) is 24.3 Å². The van der Waals surface area contributed by atoms with Crippen molar-refractivity contribution in [2.24, 2.45) is 0 Å². The number of amides is 2. The van der Waals surface area contributed by atoms with Gasteiger partial charge in [-0.25, -0.2) is 4.98 Å². The van der Waals surface area contributed by atoms with E-state index < -0.39 is 11.8 Å². The summed E-state index contributed by atoms with van der Waals surface area (Å²) in [5.74, 6) is -0.208. The number of carbonyl (C=O) groups excluding carboxylic acids is 2. The Balaban J connectivity index is 1.54. The van der Waals surface area contributed by atoms with Crippen molar-refractivity contribution < 1.29 is 14.3 Å². The van der Waals surface area contributed by atoms with Gasteiger partial charge in [-0.05, 0) is 36.9 Å². The predicted octanol–water partition coefficient (Wildman–Crippen LogP) is 3.33. The number of aryl methyl sites for hydroxylation is 2. The summed E-state index contributed by atoms with van der Waals surface area (Å²) in [4.78, 5) is 29.0. The van der Waals surface area contributed by atoms with E-state index in [0.29, 0.717) is 16.3 Å². The first-order valence-electron chi connectivity index (χ1n) is 7.82. The maximum absolute atomic E-state index is 12.3. The first kappa shape index (κ1) is 18.1. The molecule has 2 heterocycles. The standard InChI is InChI=1S/C18H17N3O3S2/c1-11-5-3-4-6-14(11)24-9-15(22)20-21-17(23)16-12(2)19-18(26-16)13-7-8-25-10-13/h3-8,10H,9H2,1-2H3,(H,20,22)(H,21,23). The Morgan fingerprint density at radius 1 is 1.15 bits per heavy atom. The van der Waals surface area contributed by atoms with Crippen LogP contribution in [0.3, 0.4) is 0 Å². The van der Waals surface area contributed by atoms with Gasteiger partial charge < -0.3 is 4.74 Å². The Bertz CT molecular complexity index is 920. The van der Waals surface area contributed by atoms with Gasteiger partial charge >= 0.3 is 0 Å². The highest BCUT2D eigenvalue weighted by atomic mass is 32.1. The maximum Gasteiger partial charge on any atom is 0.281 e. The third-order valence-corrected chi connectivity index (χ3v) is 5.43. The van der Waals surface area contributed by atoms with Crippen molar-refractivity contribution in [3.8, 4) is 16.3 Å². The van der Waals surface area contributed by atoms with Crippen molar-refractivity contribution in [2.75, 3.05) is 6.61 Å². The highest BCUT2D eigenvalue weighted by Crippen LogP contribution is 2.29. The van der Waals surface area contributed by atoms with Crippen molar-refractivity contribution in [3.63, 3.8) is 0 Å². The van der Waals surface area contributed by atoms with E-state index in [4.69, 9.17) is 4.74 Å². The molecule has 134 valence electrons. The molecule has 2 N–H and O–H groups in total. The number of hydrogen-bond donors (Lipinski definition) is 2. The van der Waals surface area contributed by atoms with Crippen molar-refractivity contribution >= 4 is 34.5 Å². The van der Waals surface area contributed by atoms with Crippen LogP contribution < -0.4 is 15.6 Å². The van der Waals surface area contributed by atoms with Crippen LogP contribution >= 0.6 is 22.7 Å². The summed E-state index contributed by atoms with van der Waals surface area (Å²) in [6.07, 6.45) is 0. The van der Waals surface area contributed by atoms with E-state index >= 15 is 0 Å². The number of hydrazine groups is 1. The average molecular weight is 387 g/mol. The fourth-order valence-electron chi connectivity index (χ4n) is 2.20. The number of ether oxygens (including phenoxy) is 1. The minimum absolute atomic E-state index is 0.188. The number of rotatable bonds is 5. The fraction of sp³-hybridized carbons (Fsp3) is 0.167. The lowest BCUT2D eigenvalue weighted by Crippen LogP contribution is -2.43. The molecule has 0 spiro atoms. The summed E-state index contributed by atoms with van der Waals surface area (Å²) in [7, 11) is 0. The third-order valence-electron chi connectivity index (χ3n) is 3.54. The molecule has 26 heavy (non-hydrogen) atoms. The first-order valence-corrected chi connectivity index (χ1v) is 9.58. The van der Waals surface area contributed by atoms with E-state index in [2.05, 4.69) is 15.8 Å². The van der Waals surface area contributed by atoms with Gasteiger partial charge in [0.1, 0.15) is 15.6 Å². The molecule has 0 bridgehead atoms. The molecule has 0 aliphatic carbocycles. The van der Waals surface area contributed by atoms with Crippen LogP contribution in [0.15, 0.2) is 41.1 Å². The molecule has 0 radical (unpaired) electrons. The molecule has 0 aliphatic rings. The molecule has 3 aromatic rings. The van der Waals surface area contributed by atoms with Crippen molar-refractivity contribution in [1.29, 1.82) is 0 Å². The molecule has 0 saturated heterocycles. The molecule has 0 unspecified atom stereocenters. The molecule has 2 amide bonds. The zero-order chi connectivity index (χ0) is 18.5. The van der Waals surface area contributed by atoms with Crippen LogP contribution in [-0.2, 0) is 4.79 Å². The van der Waals surface area contributed by atoms with Gasteiger partial charge in [-0.1, -0.05) is 18.2 Å². The van der Waals surface area contributed by atoms with Crippen molar-refractivity contribution in [2.45, 2.75) is 13.8 Å². The Kier molecular flexibility index (Phi) is 5.65. The third kappa shape index (κ3) is 4.27. The van der Waals surface area contributed by atoms with E-state index in [1.165, 1.54) is 11.3 Å². The largest absolute Gasteiger partial charge is 0.483 e. The highest BCUT2D eigenvalue weighted by Gasteiger charge is 2.17. The van der Waals surface area contributed by atoms with Crippen LogP contribution in [0, 0.1) is 13.8 Å². The second-order valence-electron chi connectivity index (χ2n) is 5.50. The van der Waals surface area contributed by atoms with Gasteiger partial charge in [-0.15, -0.1) is 11.3 Å². The van der Waals surface area contributed by atoms with Gasteiger partial charge in [0, 0.05) is 10.9 Å². The number of hydrogen-bond acceptors (Lipinski definition) is 6. The van der Waals surface area contributed by atoms with Crippen LogP contribution in [0.5, 0.6) is 5.75 Å². The Morgan fingerprint density at radius 3 is 2.69 bits per heavy atom. The Hall–Kier alpha value is -2.71. The van der Waals surface area contributed by atoms with Gasteiger partial charge in [0.05, 0.1) is 5.69 Å². The summed E-state index contributed by atoms with van der Waals surface area (Å²) in [5.41, 5.74) is 7.31. The predicted molar refractivity (Wildman–Crippen MR) is 102 cm³/mol. The lowest BCUT2D eigenvalue weighted by Gasteiger charge is -2.09. The van der Waals surface area contributed by atoms with Gasteiger partial charge in [0.25, 0.3) is 11.8 Å². The number of thiazole rings is 1. The monoisotopic (exact) mass is 387 g/mol. The van der Waals surface area contributed by atoms with Crippen molar-refractivity contribution in [1.82, 2.24) is 15.8 Å². The second-order valence-corrected chi connectivity index (χ2v) is 7.28. The number of benzene rings is 1. The average Bonchev–Trinajstić information content (AvgIpc) is 3.28. The normalized spacial score (nSPS) is 10.4. The zero-order valence-corrected chi connectivity index (χ0v) is 15.9. The summed E-state index contributed by atoms with van der Waals surface area (Å²) < 4.78 is 5.44. The summed E-state index contributed by atoms with van der Waals surface area (Å²) in [6.45, 7) is 3.48.